The number of aliphatic hydroxyl groups is 1. The summed E-state index contributed by atoms with van der Waals surface area (Å²) in [5, 5.41) is 9.05. The van der Waals surface area contributed by atoms with E-state index in [1.54, 1.807) is 26.3 Å². The maximum absolute atomic E-state index is 9.05. The first-order valence-corrected chi connectivity index (χ1v) is 2.74. The summed E-state index contributed by atoms with van der Waals surface area (Å²) in [6.45, 7) is 7.01. The summed E-state index contributed by atoms with van der Waals surface area (Å²) in [4.78, 5) is 0. The van der Waals surface area contributed by atoms with E-state index in [9.17, 15) is 0 Å². The first kappa shape index (κ1) is 7.70. The van der Waals surface area contributed by atoms with Gasteiger partial charge >= 0.3 is 0 Å². The number of hydrogen-bond donors (Lipinski definition) is 1. The summed E-state index contributed by atoms with van der Waals surface area (Å²) in [7, 11) is 0. The highest BCUT2D eigenvalue weighted by Gasteiger charge is 2.09. The quantitative estimate of drug-likeness (QED) is 0.550. The van der Waals surface area contributed by atoms with Gasteiger partial charge in [0.05, 0.1) is 5.60 Å². The van der Waals surface area contributed by atoms with E-state index in [4.69, 9.17) is 5.11 Å². The monoisotopic (exact) mass is 113 g/mol. The molecule has 0 spiro atoms. The largest absolute Gasteiger partial charge is 0.390 e. The maximum Gasteiger partial charge on any atom is 0.0626 e. The topological polar surface area (TPSA) is 20.2 Å². The van der Waals surface area contributed by atoms with E-state index in [1.807, 2.05) is 0 Å². The molecule has 0 aromatic carbocycles. The normalized spacial score (nSPS) is 11.4. The first-order chi connectivity index (χ1) is 3.56. The highest BCUT2D eigenvalue weighted by molar-refractivity contribution is 4.89. The van der Waals surface area contributed by atoms with Gasteiger partial charge in [0.25, 0.3) is 0 Å². The molecule has 1 N–H and O–H groups in total. The third kappa shape index (κ3) is 5.70. The molecular formula is C7H13O. The van der Waals surface area contributed by atoms with Crippen LogP contribution in [0.4, 0.5) is 0 Å². The van der Waals surface area contributed by atoms with E-state index in [-0.39, 0.29) is 0 Å². The van der Waals surface area contributed by atoms with Crippen molar-refractivity contribution in [2.24, 2.45) is 0 Å². The third-order valence-corrected chi connectivity index (χ3v) is 0.784. The summed E-state index contributed by atoms with van der Waals surface area (Å²) in [5.74, 6) is 0. The summed E-state index contributed by atoms with van der Waals surface area (Å²) < 4.78 is 0. The Morgan fingerprint density at radius 2 is 2.12 bits per heavy atom. The SMILES string of the molecule is C=CC[CH]C(C)(C)O. The highest BCUT2D eigenvalue weighted by atomic mass is 16.3. The van der Waals surface area contributed by atoms with Gasteiger partial charge in [-0.15, -0.1) is 6.58 Å². The molecule has 1 nitrogen and oxygen atoms in total. The van der Waals surface area contributed by atoms with Gasteiger partial charge in [0.2, 0.25) is 0 Å². The van der Waals surface area contributed by atoms with Gasteiger partial charge in [-0.3, -0.25) is 0 Å². The van der Waals surface area contributed by atoms with Crippen molar-refractivity contribution in [3.05, 3.63) is 19.1 Å². The Morgan fingerprint density at radius 1 is 1.62 bits per heavy atom. The third-order valence-electron chi connectivity index (χ3n) is 0.784. The molecule has 0 amide bonds. The van der Waals surface area contributed by atoms with Crippen molar-refractivity contribution in [2.45, 2.75) is 25.9 Å². The van der Waals surface area contributed by atoms with Crippen LogP contribution in [-0.4, -0.2) is 10.7 Å². The van der Waals surface area contributed by atoms with Crippen molar-refractivity contribution in [2.75, 3.05) is 0 Å². The van der Waals surface area contributed by atoms with E-state index in [0.717, 1.165) is 6.42 Å². The Bertz CT molecular complexity index is 68.9. The lowest BCUT2D eigenvalue weighted by atomic mass is 10.0. The van der Waals surface area contributed by atoms with Crippen LogP contribution >= 0.6 is 0 Å². The van der Waals surface area contributed by atoms with E-state index in [0.29, 0.717) is 0 Å². The lowest BCUT2D eigenvalue weighted by molar-refractivity contribution is 0.113. The number of rotatable bonds is 3. The molecule has 0 fully saturated rings. The van der Waals surface area contributed by atoms with Gasteiger partial charge in [0.15, 0.2) is 0 Å². The standard InChI is InChI=1S/C7H13O/c1-4-5-6-7(2,3)8/h4,6,8H,1,5H2,2-3H3. The van der Waals surface area contributed by atoms with Crippen LogP contribution < -0.4 is 0 Å². The highest BCUT2D eigenvalue weighted by Crippen LogP contribution is 2.07. The van der Waals surface area contributed by atoms with E-state index in [2.05, 4.69) is 6.58 Å². The molecule has 0 unspecified atom stereocenters. The minimum absolute atomic E-state index is 0.645. The zero-order chi connectivity index (χ0) is 6.62. The fourth-order valence-electron chi connectivity index (χ4n) is 0.372. The van der Waals surface area contributed by atoms with Crippen molar-refractivity contribution in [3.8, 4) is 0 Å². The van der Waals surface area contributed by atoms with Crippen LogP contribution in [0.2, 0.25) is 0 Å². The fourth-order valence-corrected chi connectivity index (χ4v) is 0.372. The average molecular weight is 113 g/mol. The average Bonchev–Trinajstić information content (AvgIpc) is 1.59. The van der Waals surface area contributed by atoms with Crippen molar-refractivity contribution in [3.63, 3.8) is 0 Å². The van der Waals surface area contributed by atoms with Gasteiger partial charge in [-0.2, -0.15) is 0 Å². The number of hydrogen-bond acceptors (Lipinski definition) is 1. The van der Waals surface area contributed by atoms with Crippen LogP contribution in [0.3, 0.4) is 0 Å². The molecule has 0 rings (SSSR count). The molecule has 8 heavy (non-hydrogen) atoms. The van der Waals surface area contributed by atoms with E-state index < -0.39 is 5.60 Å². The molecule has 0 aromatic heterocycles. The molecule has 0 aliphatic heterocycles. The molecular weight excluding hydrogens is 100 g/mol. The van der Waals surface area contributed by atoms with Crippen molar-refractivity contribution in [1.29, 1.82) is 0 Å². The van der Waals surface area contributed by atoms with Gasteiger partial charge in [-0.05, 0) is 26.7 Å². The van der Waals surface area contributed by atoms with E-state index in [1.165, 1.54) is 0 Å². The Hall–Kier alpha value is -0.300. The Morgan fingerprint density at radius 3 is 2.25 bits per heavy atom. The van der Waals surface area contributed by atoms with Crippen LogP contribution in [-0.2, 0) is 0 Å². The van der Waals surface area contributed by atoms with Gasteiger partial charge in [0.1, 0.15) is 0 Å². The molecule has 0 aliphatic rings. The maximum atomic E-state index is 9.05. The second-order valence-corrected chi connectivity index (χ2v) is 2.38. The zero-order valence-electron chi connectivity index (χ0n) is 5.52. The lowest BCUT2D eigenvalue weighted by Gasteiger charge is -2.13. The van der Waals surface area contributed by atoms with Crippen molar-refractivity contribution in [1.82, 2.24) is 0 Å². The van der Waals surface area contributed by atoms with Gasteiger partial charge in [0, 0.05) is 0 Å². The van der Waals surface area contributed by atoms with Gasteiger partial charge in [-0.25, -0.2) is 0 Å². The van der Waals surface area contributed by atoms with Crippen LogP contribution in [0.25, 0.3) is 0 Å². The number of allylic oxidation sites excluding steroid dienone is 1. The molecule has 0 saturated carbocycles. The Labute approximate surface area is 51.0 Å². The van der Waals surface area contributed by atoms with Crippen LogP contribution in [0.1, 0.15) is 20.3 Å². The predicted octanol–water partition coefficient (Wildman–Crippen LogP) is 1.54. The molecule has 0 saturated heterocycles. The first-order valence-electron chi connectivity index (χ1n) is 2.74. The van der Waals surface area contributed by atoms with Crippen molar-refractivity contribution < 1.29 is 5.11 Å². The van der Waals surface area contributed by atoms with Gasteiger partial charge in [-0.1, -0.05) is 6.08 Å². The Kier molecular flexibility index (Phi) is 2.77. The predicted molar refractivity (Wildman–Crippen MR) is 35.4 cm³/mol. The lowest BCUT2D eigenvalue weighted by Crippen LogP contribution is -2.18. The Balaban J connectivity index is 3.24. The molecule has 0 aliphatic carbocycles. The fraction of sp³-hybridized carbons (Fsp3) is 0.571. The van der Waals surface area contributed by atoms with E-state index >= 15 is 0 Å². The molecule has 1 radical (unpaired) electrons. The molecule has 47 valence electrons. The van der Waals surface area contributed by atoms with Crippen LogP contribution in [0.15, 0.2) is 12.7 Å². The summed E-state index contributed by atoms with van der Waals surface area (Å²) in [6.07, 6.45) is 4.33. The summed E-state index contributed by atoms with van der Waals surface area (Å²) >= 11 is 0. The van der Waals surface area contributed by atoms with Gasteiger partial charge < -0.3 is 5.11 Å². The minimum atomic E-state index is -0.645. The van der Waals surface area contributed by atoms with Crippen LogP contribution in [0.5, 0.6) is 0 Å². The van der Waals surface area contributed by atoms with Crippen molar-refractivity contribution >= 4 is 0 Å². The molecule has 0 atom stereocenters. The molecule has 0 aromatic rings. The molecule has 0 heterocycles. The van der Waals surface area contributed by atoms with Crippen LogP contribution in [0, 0.1) is 6.42 Å². The second kappa shape index (κ2) is 2.88. The minimum Gasteiger partial charge on any atom is -0.390 e. The summed E-state index contributed by atoms with van der Waals surface area (Å²) in [5.41, 5.74) is -0.645. The second-order valence-electron chi connectivity index (χ2n) is 2.38. The molecule has 0 bridgehead atoms. The summed E-state index contributed by atoms with van der Waals surface area (Å²) in [6, 6.07) is 0. The smallest absolute Gasteiger partial charge is 0.0626 e. The zero-order valence-corrected chi connectivity index (χ0v) is 5.52. The molecule has 1 heteroatoms.